The zero-order chi connectivity index (χ0) is 20.4. The molecule has 3 aromatic rings. The van der Waals surface area contributed by atoms with Crippen molar-refractivity contribution in [1.82, 2.24) is 9.97 Å². The second kappa shape index (κ2) is 8.34. The van der Waals surface area contributed by atoms with Crippen LogP contribution in [-0.2, 0) is 16.0 Å². The lowest BCUT2D eigenvalue weighted by Crippen LogP contribution is -2.13. The van der Waals surface area contributed by atoms with Gasteiger partial charge in [0.05, 0.1) is 12.5 Å². The van der Waals surface area contributed by atoms with E-state index < -0.39 is 0 Å². The molecular weight excluding hydrogens is 384 g/mol. The van der Waals surface area contributed by atoms with E-state index in [0.717, 1.165) is 33.5 Å². The van der Waals surface area contributed by atoms with Gasteiger partial charge in [0.25, 0.3) is 0 Å². The Morgan fingerprint density at radius 1 is 1.10 bits per heavy atom. The third-order valence-electron chi connectivity index (χ3n) is 4.91. The van der Waals surface area contributed by atoms with E-state index in [0.29, 0.717) is 10.9 Å². The van der Waals surface area contributed by atoms with Gasteiger partial charge in [-0.1, -0.05) is 23.7 Å². The number of aromatic nitrogens is 2. The van der Waals surface area contributed by atoms with Crippen LogP contribution in [0.1, 0.15) is 43.9 Å². The fraction of sp³-hybridized carbons (Fsp3) is 0.292. The zero-order valence-corrected chi connectivity index (χ0v) is 17.3. The van der Waals surface area contributed by atoms with E-state index in [1.807, 2.05) is 50.5 Å². The van der Waals surface area contributed by atoms with Crippen molar-refractivity contribution in [1.29, 1.82) is 0 Å². The minimum Gasteiger partial charge on any atom is -0.463 e. The van der Waals surface area contributed by atoms with E-state index in [-0.39, 0.29) is 18.5 Å². The summed E-state index contributed by atoms with van der Waals surface area (Å²) in [5.41, 5.74) is 5.96. The molecule has 1 aliphatic carbocycles. The number of rotatable bonds is 6. The molecule has 29 heavy (non-hydrogen) atoms. The Kier molecular flexibility index (Phi) is 5.63. The van der Waals surface area contributed by atoms with Gasteiger partial charge in [-0.05, 0) is 62.1 Å². The molecule has 0 amide bonds. The number of benzene rings is 1. The van der Waals surface area contributed by atoms with Crippen molar-refractivity contribution in [2.24, 2.45) is 0 Å². The van der Waals surface area contributed by atoms with Crippen molar-refractivity contribution < 1.29 is 9.53 Å². The zero-order valence-electron chi connectivity index (χ0n) is 16.6. The van der Waals surface area contributed by atoms with Crippen LogP contribution in [-0.4, -0.2) is 22.0 Å². The van der Waals surface area contributed by atoms with Crippen LogP contribution in [0, 0.1) is 0 Å². The fourth-order valence-corrected chi connectivity index (χ4v) is 3.66. The Balaban J connectivity index is 1.58. The maximum Gasteiger partial charge on any atom is 0.310 e. The molecular formula is C24H23ClN2O2. The van der Waals surface area contributed by atoms with Crippen LogP contribution in [0.3, 0.4) is 0 Å². The number of esters is 1. The molecule has 4 nitrogen and oxygen atoms in total. The minimum absolute atomic E-state index is 0.125. The Hall–Kier alpha value is -2.72. The van der Waals surface area contributed by atoms with Gasteiger partial charge in [-0.2, -0.15) is 0 Å². The molecule has 1 aromatic carbocycles. The highest BCUT2D eigenvalue weighted by molar-refractivity contribution is 6.33. The van der Waals surface area contributed by atoms with Gasteiger partial charge in [-0.15, -0.1) is 0 Å². The second-order valence-electron chi connectivity index (χ2n) is 7.74. The van der Waals surface area contributed by atoms with Crippen molar-refractivity contribution >= 4 is 17.6 Å². The van der Waals surface area contributed by atoms with Crippen LogP contribution < -0.4 is 0 Å². The molecule has 0 bridgehead atoms. The molecule has 5 heteroatoms. The highest BCUT2D eigenvalue weighted by Gasteiger charge is 2.25. The van der Waals surface area contributed by atoms with Crippen LogP contribution in [0.15, 0.2) is 55.0 Å². The molecule has 0 aliphatic heterocycles. The fourth-order valence-electron chi connectivity index (χ4n) is 3.35. The topological polar surface area (TPSA) is 52.1 Å². The maximum atomic E-state index is 11.9. The summed E-state index contributed by atoms with van der Waals surface area (Å²) in [5.74, 6) is 0.354. The predicted molar refractivity (Wildman–Crippen MR) is 115 cm³/mol. The lowest BCUT2D eigenvalue weighted by molar-refractivity contribution is -0.146. The molecule has 0 N–H and O–H groups in total. The number of ether oxygens (including phenoxy) is 1. The van der Waals surface area contributed by atoms with Crippen LogP contribution in [0.2, 0.25) is 5.02 Å². The molecule has 2 aromatic heterocycles. The smallest absolute Gasteiger partial charge is 0.310 e. The summed E-state index contributed by atoms with van der Waals surface area (Å²) in [5, 5.41) is 0.590. The van der Waals surface area contributed by atoms with Crippen LogP contribution in [0.25, 0.3) is 22.3 Å². The minimum atomic E-state index is -0.253. The first-order valence-corrected chi connectivity index (χ1v) is 10.3. The first-order valence-electron chi connectivity index (χ1n) is 9.89. The predicted octanol–water partition coefficient (Wildman–Crippen LogP) is 5.84. The highest BCUT2D eigenvalue weighted by Crippen LogP contribution is 2.40. The van der Waals surface area contributed by atoms with Crippen molar-refractivity contribution in [3.8, 4) is 22.3 Å². The molecule has 0 unspecified atom stereocenters. The van der Waals surface area contributed by atoms with Gasteiger partial charge >= 0.3 is 5.97 Å². The first kappa shape index (κ1) is 19.6. The molecule has 0 radical (unpaired) electrons. The first-order chi connectivity index (χ1) is 14.0. The Morgan fingerprint density at radius 3 is 2.62 bits per heavy atom. The maximum absolute atomic E-state index is 11.9. The molecule has 1 fully saturated rings. The normalized spacial score (nSPS) is 13.5. The Bertz CT molecular complexity index is 1040. The van der Waals surface area contributed by atoms with Crippen LogP contribution in [0.4, 0.5) is 0 Å². The monoisotopic (exact) mass is 406 g/mol. The third-order valence-corrected chi connectivity index (χ3v) is 5.22. The summed E-state index contributed by atoms with van der Waals surface area (Å²) in [4.78, 5) is 20.8. The Morgan fingerprint density at radius 2 is 1.90 bits per heavy atom. The number of nitrogens with zero attached hydrogens (tertiary/aromatic N) is 2. The van der Waals surface area contributed by atoms with Crippen LogP contribution >= 0.6 is 11.6 Å². The van der Waals surface area contributed by atoms with Crippen molar-refractivity contribution in [3.05, 3.63) is 71.3 Å². The van der Waals surface area contributed by atoms with Gasteiger partial charge in [0, 0.05) is 51.9 Å². The summed E-state index contributed by atoms with van der Waals surface area (Å²) in [6.07, 6.45) is 8.06. The van der Waals surface area contributed by atoms with Gasteiger partial charge in [-0.3, -0.25) is 14.8 Å². The van der Waals surface area contributed by atoms with E-state index in [2.05, 4.69) is 22.1 Å². The van der Waals surface area contributed by atoms with Crippen molar-refractivity contribution in [2.75, 3.05) is 0 Å². The average molecular weight is 407 g/mol. The molecule has 4 rings (SSSR count). The summed E-state index contributed by atoms with van der Waals surface area (Å²) >= 11 is 6.54. The van der Waals surface area contributed by atoms with E-state index in [9.17, 15) is 4.79 Å². The molecule has 148 valence electrons. The van der Waals surface area contributed by atoms with E-state index in [1.54, 1.807) is 6.20 Å². The van der Waals surface area contributed by atoms with E-state index in [4.69, 9.17) is 16.3 Å². The molecule has 2 heterocycles. The van der Waals surface area contributed by atoms with Crippen molar-refractivity contribution in [2.45, 2.75) is 45.1 Å². The van der Waals surface area contributed by atoms with Gasteiger partial charge in [0.2, 0.25) is 0 Å². The number of carbonyl (C=O) groups is 1. The Labute approximate surface area is 175 Å². The summed E-state index contributed by atoms with van der Waals surface area (Å²) in [6.45, 7) is 3.68. The number of carbonyl (C=O) groups excluding carboxylic acids is 1. The van der Waals surface area contributed by atoms with Gasteiger partial charge in [0.1, 0.15) is 0 Å². The quantitative estimate of drug-likeness (QED) is 0.483. The summed E-state index contributed by atoms with van der Waals surface area (Å²) in [6, 6.07) is 11.9. The second-order valence-corrected chi connectivity index (χ2v) is 8.14. The third kappa shape index (κ3) is 4.83. The molecule has 0 spiro atoms. The number of pyridine rings is 2. The van der Waals surface area contributed by atoms with Gasteiger partial charge in [0.15, 0.2) is 0 Å². The van der Waals surface area contributed by atoms with Crippen LogP contribution in [0.5, 0.6) is 0 Å². The SMILES string of the molecule is CC(C)OC(=O)Cc1ccc(-c2cncc(-c3ccnc(C4CC4)c3)c2)c(Cl)c1. The molecule has 0 atom stereocenters. The van der Waals surface area contributed by atoms with E-state index in [1.165, 1.54) is 12.8 Å². The summed E-state index contributed by atoms with van der Waals surface area (Å²) in [7, 11) is 0. The summed E-state index contributed by atoms with van der Waals surface area (Å²) < 4.78 is 5.21. The molecule has 0 saturated heterocycles. The standard InChI is InChI=1S/C24H23ClN2O2/c1-15(2)29-24(28)10-16-3-6-21(22(25)9-16)20-11-19(13-26-14-20)18-7-8-27-23(12-18)17-4-5-17/h3,6-9,11-15,17H,4-5,10H2,1-2H3. The number of hydrogen-bond donors (Lipinski definition) is 0. The molecule has 1 aliphatic rings. The lowest BCUT2D eigenvalue weighted by Gasteiger charge is -2.11. The lowest BCUT2D eigenvalue weighted by atomic mass is 10.00. The molecule has 1 saturated carbocycles. The largest absolute Gasteiger partial charge is 0.463 e. The number of halogens is 1. The van der Waals surface area contributed by atoms with Gasteiger partial charge in [-0.25, -0.2) is 0 Å². The number of hydrogen-bond acceptors (Lipinski definition) is 4. The van der Waals surface area contributed by atoms with E-state index >= 15 is 0 Å². The highest BCUT2D eigenvalue weighted by atomic mass is 35.5. The van der Waals surface area contributed by atoms with Crippen molar-refractivity contribution in [3.63, 3.8) is 0 Å². The van der Waals surface area contributed by atoms with Gasteiger partial charge < -0.3 is 4.74 Å². The average Bonchev–Trinajstić information content (AvgIpc) is 3.53.